The summed E-state index contributed by atoms with van der Waals surface area (Å²) in [5.74, 6) is 0.0995. The average Bonchev–Trinajstić information content (AvgIpc) is 2.66. The molecule has 3 rings (SSSR count). The number of nitrogens with one attached hydrogen (secondary N) is 1. The van der Waals surface area contributed by atoms with E-state index >= 15 is 0 Å². The van der Waals surface area contributed by atoms with Gasteiger partial charge in [0.15, 0.2) is 0 Å². The quantitative estimate of drug-likeness (QED) is 0.682. The Morgan fingerprint density at radius 2 is 1.92 bits per heavy atom. The van der Waals surface area contributed by atoms with Crippen molar-refractivity contribution in [1.82, 2.24) is 10.3 Å². The van der Waals surface area contributed by atoms with Gasteiger partial charge < -0.3 is 10.4 Å². The average molecular weight is 348 g/mol. The summed E-state index contributed by atoms with van der Waals surface area (Å²) < 4.78 is 0. The number of fused-ring (bicyclic) bond motifs is 1. The van der Waals surface area contributed by atoms with Crippen LogP contribution in [-0.4, -0.2) is 16.0 Å². The van der Waals surface area contributed by atoms with Gasteiger partial charge in [0.05, 0.1) is 6.04 Å². The molecule has 134 valence electrons. The fraction of sp³-hybridized carbons (Fsp3) is 0.273. The topological polar surface area (TPSA) is 62.2 Å². The number of hydrogen-bond donors (Lipinski definition) is 2. The predicted molar refractivity (Wildman–Crippen MR) is 104 cm³/mol. The number of phenolic OH excluding ortho intramolecular Hbond substituents is 1. The van der Waals surface area contributed by atoms with Crippen molar-refractivity contribution < 1.29 is 9.90 Å². The molecule has 0 fully saturated rings. The van der Waals surface area contributed by atoms with Crippen molar-refractivity contribution in [2.75, 3.05) is 0 Å². The second kappa shape index (κ2) is 8.00. The number of unbranched alkanes of at least 4 members (excludes halogenated alkanes) is 1. The lowest BCUT2D eigenvalue weighted by Crippen LogP contribution is -2.29. The van der Waals surface area contributed by atoms with Gasteiger partial charge in [0.2, 0.25) is 5.91 Å². The first-order valence-corrected chi connectivity index (χ1v) is 9.02. The highest BCUT2D eigenvalue weighted by molar-refractivity contribution is 5.86. The van der Waals surface area contributed by atoms with Gasteiger partial charge in [-0.3, -0.25) is 9.78 Å². The minimum absolute atomic E-state index is 0.0158. The molecule has 1 atom stereocenters. The van der Waals surface area contributed by atoms with Crippen molar-refractivity contribution in [2.24, 2.45) is 0 Å². The third-order valence-corrected chi connectivity index (χ3v) is 4.56. The van der Waals surface area contributed by atoms with Crippen LogP contribution in [0.4, 0.5) is 0 Å². The molecule has 1 heterocycles. The molecule has 1 unspecified atom stereocenters. The standard InChI is InChI=1S/C22H24N2O2/c1-3-4-7-19(25)24-20(17-10-8-15(2)9-11-17)18-13-12-16-6-5-14-23-21(16)22(18)26/h5-6,8-14,20,26H,3-4,7H2,1-2H3,(H,24,25). The van der Waals surface area contributed by atoms with E-state index in [-0.39, 0.29) is 11.7 Å². The number of aromatic hydroxyl groups is 1. The van der Waals surface area contributed by atoms with Crippen molar-refractivity contribution >= 4 is 16.8 Å². The van der Waals surface area contributed by atoms with Crippen LogP contribution in [0.3, 0.4) is 0 Å². The van der Waals surface area contributed by atoms with E-state index < -0.39 is 6.04 Å². The fourth-order valence-corrected chi connectivity index (χ4v) is 3.05. The van der Waals surface area contributed by atoms with E-state index in [9.17, 15) is 9.90 Å². The molecule has 2 N–H and O–H groups in total. The molecular weight excluding hydrogens is 324 g/mol. The number of benzene rings is 2. The molecule has 0 bridgehead atoms. The van der Waals surface area contributed by atoms with E-state index in [0.717, 1.165) is 29.4 Å². The zero-order valence-corrected chi connectivity index (χ0v) is 15.2. The van der Waals surface area contributed by atoms with Crippen LogP contribution in [0.5, 0.6) is 5.75 Å². The highest BCUT2D eigenvalue weighted by atomic mass is 16.3. The Morgan fingerprint density at radius 3 is 2.65 bits per heavy atom. The van der Waals surface area contributed by atoms with Crippen LogP contribution in [0.15, 0.2) is 54.7 Å². The van der Waals surface area contributed by atoms with Crippen molar-refractivity contribution in [1.29, 1.82) is 0 Å². The van der Waals surface area contributed by atoms with E-state index in [4.69, 9.17) is 0 Å². The maximum absolute atomic E-state index is 12.4. The van der Waals surface area contributed by atoms with Gasteiger partial charge in [-0.25, -0.2) is 0 Å². The maximum atomic E-state index is 12.4. The summed E-state index contributed by atoms with van der Waals surface area (Å²) in [6, 6.07) is 15.1. The number of carbonyl (C=O) groups is 1. The molecule has 0 radical (unpaired) electrons. The second-order valence-corrected chi connectivity index (χ2v) is 6.59. The first-order valence-electron chi connectivity index (χ1n) is 9.02. The van der Waals surface area contributed by atoms with Crippen LogP contribution in [0, 0.1) is 6.92 Å². The Labute approximate surface area is 153 Å². The summed E-state index contributed by atoms with van der Waals surface area (Å²) in [7, 11) is 0. The molecule has 4 heteroatoms. The summed E-state index contributed by atoms with van der Waals surface area (Å²) in [4.78, 5) is 16.7. The summed E-state index contributed by atoms with van der Waals surface area (Å²) in [6.45, 7) is 4.08. The van der Waals surface area contributed by atoms with Crippen LogP contribution in [0.2, 0.25) is 0 Å². The number of aryl methyl sites for hydroxylation is 1. The smallest absolute Gasteiger partial charge is 0.220 e. The molecule has 3 aromatic rings. The molecule has 0 saturated carbocycles. The number of hydrogen-bond acceptors (Lipinski definition) is 3. The van der Waals surface area contributed by atoms with Gasteiger partial charge in [0.25, 0.3) is 0 Å². The van der Waals surface area contributed by atoms with E-state index in [2.05, 4.69) is 17.2 Å². The van der Waals surface area contributed by atoms with E-state index in [1.165, 1.54) is 0 Å². The van der Waals surface area contributed by atoms with Crippen molar-refractivity contribution in [3.63, 3.8) is 0 Å². The third-order valence-electron chi connectivity index (χ3n) is 4.56. The molecular formula is C22H24N2O2. The van der Waals surface area contributed by atoms with E-state index in [1.807, 2.05) is 55.5 Å². The largest absolute Gasteiger partial charge is 0.505 e. The van der Waals surface area contributed by atoms with Gasteiger partial charge in [-0.05, 0) is 25.0 Å². The first-order chi connectivity index (χ1) is 12.6. The zero-order chi connectivity index (χ0) is 18.5. The van der Waals surface area contributed by atoms with E-state index in [0.29, 0.717) is 17.5 Å². The molecule has 1 aromatic heterocycles. The normalized spacial score (nSPS) is 12.1. The van der Waals surface area contributed by atoms with Gasteiger partial charge in [-0.1, -0.05) is 61.4 Å². The Morgan fingerprint density at radius 1 is 1.15 bits per heavy atom. The lowest BCUT2D eigenvalue weighted by molar-refractivity contribution is -0.121. The molecule has 0 aliphatic carbocycles. The molecule has 0 saturated heterocycles. The fourth-order valence-electron chi connectivity index (χ4n) is 3.05. The molecule has 0 aliphatic rings. The summed E-state index contributed by atoms with van der Waals surface area (Å²) >= 11 is 0. The zero-order valence-electron chi connectivity index (χ0n) is 15.2. The Bertz CT molecular complexity index is 904. The number of aromatic nitrogens is 1. The highest BCUT2D eigenvalue weighted by Crippen LogP contribution is 2.34. The molecule has 1 amide bonds. The van der Waals surface area contributed by atoms with Gasteiger partial charge in [-0.2, -0.15) is 0 Å². The van der Waals surface area contributed by atoms with Crippen molar-refractivity contribution in [3.8, 4) is 5.75 Å². The summed E-state index contributed by atoms with van der Waals surface area (Å²) in [5, 5.41) is 14.8. The van der Waals surface area contributed by atoms with Crippen molar-refractivity contribution in [2.45, 2.75) is 39.2 Å². The molecule has 0 aliphatic heterocycles. The van der Waals surface area contributed by atoms with Gasteiger partial charge in [0.1, 0.15) is 11.3 Å². The number of nitrogens with zero attached hydrogens (tertiary/aromatic N) is 1. The lowest BCUT2D eigenvalue weighted by atomic mass is 9.95. The monoisotopic (exact) mass is 348 g/mol. The predicted octanol–water partition coefficient (Wildman–Crippen LogP) is 4.64. The Hall–Kier alpha value is -2.88. The Kier molecular flexibility index (Phi) is 5.52. The van der Waals surface area contributed by atoms with Gasteiger partial charge >= 0.3 is 0 Å². The van der Waals surface area contributed by atoms with Crippen LogP contribution in [0.25, 0.3) is 10.9 Å². The lowest BCUT2D eigenvalue weighted by Gasteiger charge is -2.21. The minimum atomic E-state index is -0.411. The highest BCUT2D eigenvalue weighted by Gasteiger charge is 2.21. The molecule has 2 aromatic carbocycles. The number of amides is 1. The third kappa shape index (κ3) is 3.85. The van der Waals surface area contributed by atoms with Gasteiger partial charge in [0, 0.05) is 23.6 Å². The summed E-state index contributed by atoms with van der Waals surface area (Å²) in [6.07, 6.45) is 3.95. The van der Waals surface area contributed by atoms with Crippen LogP contribution in [-0.2, 0) is 4.79 Å². The van der Waals surface area contributed by atoms with Crippen LogP contribution in [0.1, 0.15) is 48.9 Å². The van der Waals surface area contributed by atoms with Crippen LogP contribution < -0.4 is 5.32 Å². The number of pyridine rings is 1. The minimum Gasteiger partial charge on any atom is -0.505 e. The number of phenols is 1. The van der Waals surface area contributed by atoms with Gasteiger partial charge in [-0.15, -0.1) is 0 Å². The molecule has 0 spiro atoms. The number of carbonyl (C=O) groups excluding carboxylic acids is 1. The first kappa shape index (κ1) is 17.9. The SMILES string of the molecule is CCCCC(=O)NC(c1ccc(C)cc1)c1ccc2cccnc2c1O. The summed E-state index contributed by atoms with van der Waals surface area (Å²) in [5.41, 5.74) is 3.29. The number of rotatable bonds is 6. The second-order valence-electron chi connectivity index (χ2n) is 6.59. The maximum Gasteiger partial charge on any atom is 0.220 e. The molecule has 26 heavy (non-hydrogen) atoms. The van der Waals surface area contributed by atoms with Crippen LogP contribution >= 0.6 is 0 Å². The van der Waals surface area contributed by atoms with E-state index in [1.54, 1.807) is 6.20 Å². The Balaban J connectivity index is 2.03. The molecule has 4 nitrogen and oxygen atoms in total. The van der Waals surface area contributed by atoms with Crippen molar-refractivity contribution in [3.05, 3.63) is 71.4 Å².